The molecule has 0 aromatic rings. The van der Waals surface area contributed by atoms with Gasteiger partial charge in [-0.3, -0.25) is 9.59 Å². The topological polar surface area (TPSA) is 127 Å². The minimum atomic E-state index is -0.981. The van der Waals surface area contributed by atoms with Crippen LogP contribution in [0.15, 0.2) is 0 Å². The summed E-state index contributed by atoms with van der Waals surface area (Å²) in [4.78, 5) is 38.5. The highest BCUT2D eigenvalue weighted by Gasteiger charge is 2.28. The molecule has 0 radical (unpaired) electrons. The molecule has 0 aromatic carbocycles. The van der Waals surface area contributed by atoms with E-state index in [1.807, 2.05) is 0 Å². The highest BCUT2D eigenvalue weighted by atomic mass is 16.5. The standard InChI is InChI=1S/C16H25N3O6/c1-11(23-2)15(21)19-14(6-5-12(20)10-18-17)16(22)25-13-4-3-8-24-9-7-13/h10-11,13-14H,3-9H2,1-2H3,(H,19,21)/t11-,13-,14+/m1/s1. The number of carbonyl (C=O) groups is 3. The van der Waals surface area contributed by atoms with Crippen LogP contribution in [0.5, 0.6) is 0 Å². The molecular formula is C16H25N3O6. The van der Waals surface area contributed by atoms with E-state index in [0.29, 0.717) is 26.1 Å². The van der Waals surface area contributed by atoms with Gasteiger partial charge in [0.05, 0.1) is 6.61 Å². The van der Waals surface area contributed by atoms with Gasteiger partial charge in [-0.15, -0.1) is 0 Å². The van der Waals surface area contributed by atoms with Crippen molar-refractivity contribution >= 4 is 23.9 Å². The van der Waals surface area contributed by atoms with E-state index in [1.165, 1.54) is 7.11 Å². The molecule has 0 spiro atoms. The van der Waals surface area contributed by atoms with E-state index in [2.05, 4.69) is 10.1 Å². The molecule has 1 aliphatic heterocycles. The van der Waals surface area contributed by atoms with Crippen LogP contribution in [0.3, 0.4) is 0 Å². The third-order valence-corrected chi connectivity index (χ3v) is 3.89. The Labute approximate surface area is 146 Å². The average Bonchev–Trinajstić information content (AvgIpc) is 2.86. The van der Waals surface area contributed by atoms with E-state index in [1.54, 1.807) is 6.92 Å². The van der Waals surface area contributed by atoms with Gasteiger partial charge in [0.2, 0.25) is 11.7 Å². The van der Waals surface area contributed by atoms with Crippen LogP contribution in [-0.2, 0) is 28.6 Å². The fourth-order valence-corrected chi connectivity index (χ4v) is 2.30. The first-order valence-electron chi connectivity index (χ1n) is 8.29. The zero-order valence-electron chi connectivity index (χ0n) is 14.6. The molecule has 1 heterocycles. The second-order valence-electron chi connectivity index (χ2n) is 5.79. The molecule has 1 saturated heterocycles. The summed E-state index contributed by atoms with van der Waals surface area (Å²) in [6.45, 7) is 2.69. The van der Waals surface area contributed by atoms with Gasteiger partial charge < -0.3 is 25.1 Å². The number of hydrogen-bond acceptors (Lipinski definition) is 6. The van der Waals surface area contributed by atoms with Gasteiger partial charge in [0, 0.05) is 26.6 Å². The lowest BCUT2D eigenvalue weighted by Gasteiger charge is -2.22. The molecule has 140 valence electrons. The van der Waals surface area contributed by atoms with E-state index >= 15 is 0 Å². The monoisotopic (exact) mass is 355 g/mol. The summed E-state index contributed by atoms with van der Waals surface area (Å²) < 4.78 is 15.7. The quantitative estimate of drug-likeness (QED) is 0.274. The van der Waals surface area contributed by atoms with Gasteiger partial charge in [-0.25, -0.2) is 4.79 Å². The maximum absolute atomic E-state index is 12.4. The molecule has 9 nitrogen and oxygen atoms in total. The number of amides is 1. The minimum Gasteiger partial charge on any atom is -0.461 e. The number of Topliss-reactive ketones (excluding diaryl/α,β-unsaturated/α-hetero) is 1. The lowest BCUT2D eigenvalue weighted by Crippen LogP contribution is -2.47. The number of carbonyl (C=O) groups excluding carboxylic acids is 3. The van der Waals surface area contributed by atoms with Gasteiger partial charge in [0.1, 0.15) is 18.2 Å². The molecule has 0 unspecified atom stereocenters. The first kappa shape index (κ1) is 21.0. The van der Waals surface area contributed by atoms with Crippen LogP contribution in [0.1, 0.15) is 39.0 Å². The second-order valence-corrected chi connectivity index (χ2v) is 5.79. The molecule has 9 heteroatoms. The number of esters is 1. The van der Waals surface area contributed by atoms with E-state index in [-0.39, 0.29) is 18.9 Å². The third kappa shape index (κ3) is 8.02. The number of methoxy groups -OCH3 is 1. The number of rotatable bonds is 9. The summed E-state index contributed by atoms with van der Waals surface area (Å²) in [5, 5.41) is 2.54. The summed E-state index contributed by atoms with van der Waals surface area (Å²) in [6, 6.07) is -0.981. The summed E-state index contributed by atoms with van der Waals surface area (Å²) in [6.07, 6.45) is 1.79. The van der Waals surface area contributed by atoms with Crippen LogP contribution < -0.4 is 5.32 Å². The summed E-state index contributed by atoms with van der Waals surface area (Å²) in [5.74, 6) is -1.54. The van der Waals surface area contributed by atoms with Crippen molar-refractivity contribution < 1.29 is 33.4 Å². The Morgan fingerprint density at radius 3 is 2.80 bits per heavy atom. The maximum atomic E-state index is 12.4. The highest BCUT2D eigenvalue weighted by Crippen LogP contribution is 2.14. The molecule has 1 rings (SSSR count). The predicted molar refractivity (Wildman–Crippen MR) is 86.9 cm³/mol. The van der Waals surface area contributed by atoms with Crippen LogP contribution in [0.25, 0.3) is 5.53 Å². The Kier molecular flexibility index (Phi) is 9.61. The Balaban J connectivity index is 2.69. The van der Waals surface area contributed by atoms with Crippen molar-refractivity contribution in [3.8, 4) is 0 Å². The van der Waals surface area contributed by atoms with Gasteiger partial charge in [0.25, 0.3) is 0 Å². The van der Waals surface area contributed by atoms with Crippen LogP contribution in [0.4, 0.5) is 0 Å². The first-order chi connectivity index (χ1) is 12.0. The molecule has 1 N–H and O–H groups in total. The lowest BCUT2D eigenvalue weighted by molar-refractivity contribution is -0.154. The summed E-state index contributed by atoms with van der Waals surface area (Å²) >= 11 is 0. The third-order valence-electron chi connectivity index (χ3n) is 3.89. The normalized spacial score (nSPS) is 19.7. The average molecular weight is 355 g/mol. The van der Waals surface area contributed by atoms with Gasteiger partial charge in [-0.05, 0) is 26.2 Å². The molecule has 1 amide bonds. The van der Waals surface area contributed by atoms with Gasteiger partial charge in [0.15, 0.2) is 0 Å². The smallest absolute Gasteiger partial charge is 0.328 e. The first-order valence-corrected chi connectivity index (χ1v) is 8.29. The van der Waals surface area contributed by atoms with E-state index in [4.69, 9.17) is 19.7 Å². The van der Waals surface area contributed by atoms with E-state index in [0.717, 1.165) is 12.6 Å². The van der Waals surface area contributed by atoms with Crippen molar-refractivity contribution in [2.75, 3.05) is 20.3 Å². The van der Waals surface area contributed by atoms with Gasteiger partial charge >= 0.3 is 12.2 Å². The molecule has 0 bridgehead atoms. The number of ether oxygens (including phenoxy) is 3. The fraction of sp³-hybridized carbons (Fsp3) is 0.750. The Hall–Kier alpha value is -2.09. The highest BCUT2D eigenvalue weighted by molar-refractivity contribution is 6.25. The summed E-state index contributed by atoms with van der Waals surface area (Å²) in [7, 11) is 1.38. The van der Waals surface area contributed by atoms with Crippen molar-refractivity contribution in [1.29, 1.82) is 0 Å². The van der Waals surface area contributed by atoms with Crippen LogP contribution in [0, 0.1) is 0 Å². The maximum Gasteiger partial charge on any atom is 0.328 e. The van der Waals surface area contributed by atoms with Crippen LogP contribution in [-0.4, -0.2) is 67.2 Å². The minimum absolute atomic E-state index is 0.0368. The van der Waals surface area contributed by atoms with Crippen LogP contribution >= 0.6 is 0 Å². The van der Waals surface area contributed by atoms with Crippen molar-refractivity contribution in [3.05, 3.63) is 5.53 Å². The van der Waals surface area contributed by atoms with Crippen molar-refractivity contribution in [2.45, 2.75) is 57.3 Å². The van der Waals surface area contributed by atoms with Gasteiger partial charge in [-0.1, -0.05) is 0 Å². The molecule has 0 aromatic heterocycles. The Morgan fingerprint density at radius 2 is 2.12 bits per heavy atom. The Morgan fingerprint density at radius 1 is 1.36 bits per heavy atom. The van der Waals surface area contributed by atoms with Gasteiger partial charge in [-0.2, -0.15) is 4.79 Å². The zero-order chi connectivity index (χ0) is 18.7. The van der Waals surface area contributed by atoms with E-state index < -0.39 is 29.8 Å². The molecule has 3 atom stereocenters. The zero-order valence-corrected chi connectivity index (χ0v) is 14.6. The number of nitrogens with zero attached hydrogens (tertiary/aromatic N) is 2. The van der Waals surface area contributed by atoms with Crippen LogP contribution in [0.2, 0.25) is 0 Å². The van der Waals surface area contributed by atoms with E-state index in [9.17, 15) is 14.4 Å². The molecule has 25 heavy (non-hydrogen) atoms. The Bertz CT molecular complexity index is 510. The van der Waals surface area contributed by atoms with Crippen molar-refractivity contribution in [1.82, 2.24) is 5.32 Å². The molecule has 0 aliphatic carbocycles. The van der Waals surface area contributed by atoms with Crippen molar-refractivity contribution in [3.63, 3.8) is 0 Å². The molecular weight excluding hydrogens is 330 g/mol. The molecule has 1 fully saturated rings. The van der Waals surface area contributed by atoms with Crippen molar-refractivity contribution in [2.24, 2.45) is 0 Å². The fourth-order valence-electron chi connectivity index (χ4n) is 2.30. The molecule has 1 aliphatic rings. The predicted octanol–water partition coefficient (Wildman–Crippen LogP) is 0.268. The lowest BCUT2D eigenvalue weighted by atomic mass is 10.1. The second kappa shape index (κ2) is 11.5. The number of hydrogen-bond donors (Lipinski definition) is 1. The SMILES string of the molecule is CO[C@H](C)C(=O)N[C@@H](CCC(=O)C=[N+]=[N-])C(=O)O[C@@H]1CCCOCC1. The largest absolute Gasteiger partial charge is 0.461 e. The summed E-state index contributed by atoms with van der Waals surface area (Å²) in [5.41, 5.74) is 8.36. The molecule has 0 saturated carbocycles. The number of nitrogens with one attached hydrogen (secondary N) is 1. The number of ketones is 1.